The molecule has 1 aromatic rings. The van der Waals surface area contributed by atoms with Gasteiger partial charge in [-0.05, 0) is 25.2 Å². The van der Waals surface area contributed by atoms with Crippen molar-refractivity contribution in [2.75, 3.05) is 37.9 Å². The van der Waals surface area contributed by atoms with Gasteiger partial charge in [-0.3, -0.25) is 4.79 Å². The van der Waals surface area contributed by atoms with Gasteiger partial charge in [-0.2, -0.15) is 0 Å². The minimum atomic E-state index is -0.153. The Labute approximate surface area is 124 Å². The molecule has 0 radical (unpaired) electrons. The molecule has 2 heterocycles. The van der Waals surface area contributed by atoms with Crippen molar-refractivity contribution in [2.45, 2.75) is 26.2 Å². The SMILES string of the molecule is CNC(=O)c1sc(N2CCCC(C)CC2)c(OC)c1N. The number of nitrogens with zero attached hydrogens (tertiary/aromatic N) is 1. The van der Waals surface area contributed by atoms with E-state index in [9.17, 15) is 4.79 Å². The molecule has 1 aliphatic rings. The van der Waals surface area contributed by atoms with Crippen LogP contribution in [-0.2, 0) is 0 Å². The molecule has 112 valence electrons. The van der Waals surface area contributed by atoms with E-state index in [4.69, 9.17) is 10.5 Å². The number of amides is 1. The van der Waals surface area contributed by atoms with E-state index < -0.39 is 0 Å². The van der Waals surface area contributed by atoms with Gasteiger partial charge in [0.05, 0.1) is 7.11 Å². The van der Waals surface area contributed by atoms with E-state index in [0.29, 0.717) is 16.3 Å². The van der Waals surface area contributed by atoms with E-state index in [1.807, 2.05) is 0 Å². The fraction of sp³-hybridized carbons (Fsp3) is 0.643. The Morgan fingerprint density at radius 1 is 1.45 bits per heavy atom. The summed E-state index contributed by atoms with van der Waals surface area (Å²) in [5.41, 5.74) is 6.51. The molecule has 1 amide bonds. The number of nitrogen functional groups attached to an aromatic ring is 1. The highest BCUT2D eigenvalue weighted by Crippen LogP contribution is 2.45. The van der Waals surface area contributed by atoms with E-state index in [1.165, 1.54) is 17.8 Å². The maximum absolute atomic E-state index is 11.9. The molecule has 1 aromatic heterocycles. The van der Waals surface area contributed by atoms with E-state index >= 15 is 0 Å². The zero-order chi connectivity index (χ0) is 14.7. The summed E-state index contributed by atoms with van der Waals surface area (Å²) >= 11 is 1.42. The molecule has 1 aliphatic heterocycles. The molecule has 6 heteroatoms. The molecule has 5 nitrogen and oxygen atoms in total. The molecule has 1 atom stereocenters. The molecule has 0 aromatic carbocycles. The number of ether oxygens (including phenoxy) is 1. The van der Waals surface area contributed by atoms with Crippen molar-refractivity contribution < 1.29 is 9.53 Å². The van der Waals surface area contributed by atoms with Crippen molar-refractivity contribution in [3.05, 3.63) is 4.88 Å². The van der Waals surface area contributed by atoms with Gasteiger partial charge >= 0.3 is 0 Å². The lowest BCUT2D eigenvalue weighted by molar-refractivity contribution is 0.0967. The first-order valence-electron chi connectivity index (χ1n) is 7.01. The van der Waals surface area contributed by atoms with Gasteiger partial charge in [0.2, 0.25) is 0 Å². The van der Waals surface area contributed by atoms with Gasteiger partial charge in [0.25, 0.3) is 5.91 Å². The van der Waals surface area contributed by atoms with E-state index in [-0.39, 0.29) is 5.91 Å². The van der Waals surface area contributed by atoms with Gasteiger partial charge in [-0.1, -0.05) is 6.92 Å². The highest BCUT2D eigenvalue weighted by Gasteiger charge is 2.26. The molecule has 20 heavy (non-hydrogen) atoms. The Morgan fingerprint density at radius 2 is 2.20 bits per heavy atom. The summed E-state index contributed by atoms with van der Waals surface area (Å²) in [6.07, 6.45) is 3.58. The van der Waals surface area contributed by atoms with Crippen molar-refractivity contribution in [2.24, 2.45) is 5.92 Å². The predicted octanol–water partition coefficient (Wildman–Crippen LogP) is 2.32. The average Bonchev–Trinajstić information content (AvgIpc) is 2.62. The summed E-state index contributed by atoms with van der Waals surface area (Å²) in [6.45, 7) is 4.28. The summed E-state index contributed by atoms with van der Waals surface area (Å²) in [4.78, 5) is 14.7. The highest BCUT2D eigenvalue weighted by molar-refractivity contribution is 7.19. The molecule has 0 bridgehead atoms. The monoisotopic (exact) mass is 297 g/mol. The van der Waals surface area contributed by atoms with Crippen LogP contribution in [0.5, 0.6) is 5.75 Å². The number of hydrogen-bond donors (Lipinski definition) is 2. The lowest BCUT2D eigenvalue weighted by Gasteiger charge is -2.21. The van der Waals surface area contributed by atoms with Crippen molar-refractivity contribution in [3.63, 3.8) is 0 Å². The van der Waals surface area contributed by atoms with Crippen LogP contribution < -0.4 is 20.7 Å². The van der Waals surface area contributed by atoms with E-state index in [1.54, 1.807) is 14.2 Å². The lowest BCUT2D eigenvalue weighted by Crippen LogP contribution is -2.23. The third kappa shape index (κ3) is 2.85. The molecule has 0 saturated carbocycles. The van der Waals surface area contributed by atoms with Crippen LogP contribution in [0.25, 0.3) is 0 Å². The van der Waals surface area contributed by atoms with E-state index in [0.717, 1.165) is 36.9 Å². The second kappa shape index (κ2) is 6.35. The van der Waals surface area contributed by atoms with Crippen LogP contribution in [0.15, 0.2) is 0 Å². The van der Waals surface area contributed by atoms with Gasteiger partial charge in [-0.15, -0.1) is 11.3 Å². The molecule has 0 spiro atoms. The average molecular weight is 297 g/mol. The summed E-state index contributed by atoms with van der Waals surface area (Å²) < 4.78 is 5.44. The van der Waals surface area contributed by atoms with E-state index in [2.05, 4.69) is 17.1 Å². The molecule has 2 rings (SSSR count). The molecular formula is C14H23N3O2S. The minimum absolute atomic E-state index is 0.153. The summed E-state index contributed by atoms with van der Waals surface area (Å²) in [7, 11) is 3.22. The zero-order valence-corrected chi connectivity index (χ0v) is 13.2. The highest BCUT2D eigenvalue weighted by atomic mass is 32.1. The summed E-state index contributed by atoms with van der Waals surface area (Å²) in [5, 5.41) is 3.61. The summed E-state index contributed by atoms with van der Waals surface area (Å²) in [5.74, 6) is 1.24. The number of hydrogen-bond acceptors (Lipinski definition) is 5. The molecule has 3 N–H and O–H groups in total. The number of thiophene rings is 1. The Balaban J connectivity index is 2.32. The molecular weight excluding hydrogens is 274 g/mol. The number of rotatable bonds is 3. The van der Waals surface area contributed by atoms with Crippen molar-refractivity contribution in [1.82, 2.24) is 5.32 Å². The van der Waals surface area contributed by atoms with Gasteiger partial charge in [0.15, 0.2) is 5.75 Å². The number of nitrogens with two attached hydrogens (primary N) is 1. The van der Waals surface area contributed by atoms with Crippen LogP contribution in [0.4, 0.5) is 10.7 Å². The molecule has 1 fully saturated rings. The zero-order valence-electron chi connectivity index (χ0n) is 12.4. The maximum atomic E-state index is 11.9. The smallest absolute Gasteiger partial charge is 0.263 e. The Hall–Kier alpha value is -1.43. The Morgan fingerprint density at radius 3 is 2.85 bits per heavy atom. The van der Waals surface area contributed by atoms with Crippen LogP contribution in [0, 0.1) is 5.92 Å². The Kier molecular flexibility index (Phi) is 4.75. The van der Waals surface area contributed by atoms with Crippen molar-refractivity contribution in [3.8, 4) is 5.75 Å². The molecule has 1 saturated heterocycles. The van der Waals surface area contributed by atoms with Crippen molar-refractivity contribution >= 4 is 27.9 Å². The first-order valence-corrected chi connectivity index (χ1v) is 7.83. The Bertz CT molecular complexity index is 487. The fourth-order valence-electron chi connectivity index (χ4n) is 2.57. The second-order valence-electron chi connectivity index (χ2n) is 5.29. The number of carbonyl (C=O) groups is 1. The number of anilines is 2. The normalized spacial score (nSPS) is 19.6. The van der Waals surface area contributed by atoms with Gasteiger partial charge in [0, 0.05) is 20.1 Å². The third-order valence-electron chi connectivity index (χ3n) is 3.82. The fourth-order valence-corrected chi connectivity index (χ4v) is 3.76. The van der Waals surface area contributed by atoms with Gasteiger partial charge in [-0.25, -0.2) is 0 Å². The maximum Gasteiger partial charge on any atom is 0.263 e. The predicted molar refractivity (Wildman–Crippen MR) is 83.9 cm³/mol. The molecule has 0 aliphatic carbocycles. The van der Waals surface area contributed by atoms with Crippen LogP contribution in [-0.4, -0.2) is 33.2 Å². The number of nitrogens with one attached hydrogen (secondary N) is 1. The van der Waals surface area contributed by atoms with Crippen LogP contribution in [0.3, 0.4) is 0 Å². The second-order valence-corrected chi connectivity index (χ2v) is 6.28. The van der Waals surface area contributed by atoms with Gasteiger partial charge < -0.3 is 20.7 Å². The first-order chi connectivity index (χ1) is 9.58. The van der Waals surface area contributed by atoms with Crippen molar-refractivity contribution in [1.29, 1.82) is 0 Å². The van der Waals surface area contributed by atoms with Crippen LogP contribution >= 0.6 is 11.3 Å². The van der Waals surface area contributed by atoms with Gasteiger partial charge in [0.1, 0.15) is 15.6 Å². The first kappa shape index (κ1) is 15.0. The van der Waals surface area contributed by atoms with Crippen LogP contribution in [0.2, 0.25) is 0 Å². The number of carbonyl (C=O) groups excluding carboxylic acids is 1. The third-order valence-corrected chi connectivity index (χ3v) is 5.07. The van der Waals surface area contributed by atoms with Crippen LogP contribution in [0.1, 0.15) is 35.9 Å². The minimum Gasteiger partial charge on any atom is -0.492 e. The quantitative estimate of drug-likeness (QED) is 0.898. The molecule has 1 unspecified atom stereocenters. The largest absolute Gasteiger partial charge is 0.492 e. The number of methoxy groups -OCH3 is 1. The summed E-state index contributed by atoms with van der Waals surface area (Å²) in [6, 6.07) is 0. The topological polar surface area (TPSA) is 67.6 Å². The lowest BCUT2D eigenvalue weighted by atomic mass is 10.0. The standard InChI is InChI=1S/C14H23N3O2S/c1-9-5-4-7-17(8-6-9)14-11(19-3)10(15)12(20-14)13(18)16-2/h9H,4-8,15H2,1-3H3,(H,16,18).